The lowest BCUT2D eigenvalue weighted by Crippen LogP contribution is -2.40. The minimum absolute atomic E-state index is 0.0525. The number of aliphatic hydroxyl groups excluding tert-OH is 1. The number of nitrogens with one attached hydrogen (secondary N) is 1. The van der Waals surface area contributed by atoms with E-state index in [0.29, 0.717) is 5.75 Å². The van der Waals surface area contributed by atoms with Gasteiger partial charge in [0.25, 0.3) is 6.43 Å². The summed E-state index contributed by atoms with van der Waals surface area (Å²) in [6.45, 7) is 1.50. The van der Waals surface area contributed by atoms with Crippen LogP contribution in [0.15, 0.2) is 42.5 Å². The monoisotopic (exact) mass is 295 g/mol. The predicted octanol–water partition coefficient (Wildman–Crippen LogP) is 2.82. The number of ether oxygens (including phenoxy) is 1. The molecule has 0 heterocycles. The highest BCUT2D eigenvalue weighted by molar-refractivity contribution is 5.88. The van der Waals surface area contributed by atoms with Gasteiger partial charge in [-0.05, 0) is 18.4 Å². The van der Waals surface area contributed by atoms with Crippen molar-refractivity contribution in [1.82, 2.24) is 5.32 Å². The van der Waals surface area contributed by atoms with Crippen molar-refractivity contribution in [2.24, 2.45) is 0 Å². The van der Waals surface area contributed by atoms with Gasteiger partial charge in [-0.15, -0.1) is 0 Å². The van der Waals surface area contributed by atoms with E-state index in [0.717, 1.165) is 10.8 Å². The Morgan fingerprint density at radius 1 is 1.14 bits per heavy atom. The molecule has 0 amide bonds. The first-order valence-electron chi connectivity index (χ1n) is 6.88. The third kappa shape index (κ3) is 4.37. The van der Waals surface area contributed by atoms with E-state index < -0.39 is 18.6 Å². The molecule has 0 fully saturated rings. The van der Waals surface area contributed by atoms with Gasteiger partial charge in [0, 0.05) is 11.9 Å². The van der Waals surface area contributed by atoms with Crippen molar-refractivity contribution in [2.75, 3.05) is 13.2 Å². The molecule has 2 aromatic carbocycles. The van der Waals surface area contributed by atoms with Gasteiger partial charge in [0.1, 0.15) is 18.5 Å². The number of benzene rings is 2. The second-order valence-corrected chi connectivity index (χ2v) is 4.97. The van der Waals surface area contributed by atoms with Crippen LogP contribution in [0.1, 0.15) is 6.92 Å². The zero-order valence-electron chi connectivity index (χ0n) is 11.8. The van der Waals surface area contributed by atoms with Crippen LogP contribution in [0, 0.1) is 0 Å². The lowest BCUT2D eigenvalue weighted by atomic mass is 10.1. The van der Waals surface area contributed by atoms with Crippen molar-refractivity contribution < 1.29 is 18.6 Å². The van der Waals surface area contributed by atoms with Crippen molar-refractivity contribution in [3.8, 4) is 5.75 Å². The Balaban J connectivity index is 1.90. The molecule has 5 heteroatoms. The van der Waals surface area contributed by atoms with Crippen molar-refractivity contribution in [3.63, 3.8) is 0 Å². The molecule has 2 rings (SSSR count). The maximum atomic E-state index is 12.3. The fourth-order valence-corrected chi connectivity index (χ4v) is 1.98. The van der Waals surface area contributed by atoms with E-state index in [2.05, 4.69) is 5.32 Å². The fraction of sp³-hybridized carbons (Fsp3) is 0.375. The van der Waals surface area contributed by atoms with Crippen LogP contribution in [0.4, 0.5) is 8.78 Å². The van der Waals surface area contributed by atoms with Gasteiger partial charge in [0.05, 0.1) is 6.04 Å². The van der Waals surface area contributed by atoms with Crippen LogP contribution < -0.4 is 10.1 Å². The van der Waals surface area contributed by atoms with Gasteiger partial charge < -0.3 is 15.2 Å². The number of hydrogen-bond acceptors (Lipinski definition) is 3. The molecule has 3 nitrogen and oxygen atoms in total. The first-order valence-corrected chi connectivity index (χ1v) is 6.88. The van der Waals surface area contributed by atoms with Crippen molar-refractivity contribution in [1.29, 1.82) is 0 Å². The normalized spacial score (nSPS) is 14.3. The Kier molecular flexibility index (Phi) is 5.47. The Labute approximate surface area is 122 Å². The standard InChI is InChI=1S/C16H19F2NO2/c1-11(16(17)18)19-9-13(20)10-21-15-8-4-6-12-5-2-3-7-14(12)15/h2-8,11,13,16,19-20H,9-10H2,1H3. The van der Waals surface area contributed by atoms with Gasteiger partial charge in [0.15, 0.2) is 0 Å². The Morgan fingerprint density at radius 2 is 1.86 bits per heavy atom. The van der Waals surface area contributed by atoms with Crippen molar-refractivity contribution in [2.45, 2.75) is 25.5 Å². The zero-order valence-corrected chi connectivity index (χ0v) is 11.8. The first-order chi connectivity index (χ1) is 10.1. The van der Waals surface area contributed by atoms with Crippen LogP contribution in [0.5, 0.6) is 5.75 Å². The van der Waals surface area contributed by atoms with Gasteiger partial charge in [-0.25, -0.2) is 8.78 Å². The molecular formula is C16H19F2NO2. The summed E-state index contributed by atoms with van der Waals surface area (Å²) in [5.74, 6) is 0.675. The van der Waals surface area contributed by atoms with E-state index in [1.807, 2.05) is 42.5 Å². The van der Waals surface area contributed by atoms with E-state index in [1.54, 1.807) is 0 Å². The van der Waals surface area contributed by atoms with Crippen LogP contribution >= 0.6 is 0 Å². The Hall–Kier alpha value is -1.72. The van der Waals surface area contributed by atoms with Crippen LogP contribution in [0.2, 0.25) is 0 Å². The van der Waals surface area contributed by atoms with Crippen molar-refractivity contribution in [3.05, 3.63) is 42.5 Å². The summed E-state index contributed by atoms with van der Waals surface area (Å²) in [6.07, 6.45) is -3.29. The average molecular weight is 295 g/mol. The molecular weight excluding hydrogens is 276 g/mol. The summed E-state index contributed by atoms with van der Waals surface area (Å²) in [7, 11) is 0. The summed E-state index contributed by atoms with van der Waals surface area (Å²) >= 11 is 0. The molecule has 0 spiro atoms. The fourth-order valence-electron chi connectivity index (χ4n) is 1.98. The SMILES string of the molecule is CC(NCC(O)COc1cccc2ccccc12)C(F)F. The molecule has 2 aromatic rings. The highest BCUT2D eigenvalue weighted by Gasteiger charge is 2.15. The molecule has 2 atom stereocenters. The predicted molar refractivity (Wildman–Crippen MR) is 78.9 cm³/mol. The molecule has 0 bridgehead atoms. The third-order valence-corrected chi connectivity index (χ3v) is 3.23. The maximum Gasteiger partial charge on any atom is 0.253 e. The Morgan fingerprint density at radius 3 is 2.62 bits per heavy atom. The third-order valence-electron chi connectivity index (χ3n) is 3.23. The molecule has 0 aliphatic heterocycles. The van der Waals surface area contributed by atoms with Gasteiger partial charge in [-0.3, -0.25) is 0 Å². The summed E-state index contributed by atoms with van der Waals surface area (Å²) in [4.78, 5) is 0. The van der Waals surface area contributed by atoms with Crippen molar-refractivity contribution >= 4 is 10.8 Å². The quantitative estimate of drug-likeness (QED) is 0.825. The number of alkyl halides is 2. The number of halogens is 2. The molecule has 0 saturated heterocycles. The second kappa shape index (κ2) is 7.33. The average Bonchev–Trinajstić information content (AvgIpc) is 2.50. The minimum Gasteiger partial charge on any atom is -0.490 e. The molecule has 0 saturated carbocycles. The number of fused-ring (bicyclic) bond motifs is 1. The molecule has 0 aliphatic rings. The molecule has 2 unspecified atom stereocenters. The van der Waals surface area contributed by atoms with Gasteiger partial charge >= 0.3 is 0 Å². The largest absolute Gasteiger partial charge is 0.490 e. The summed E-state index contributed by atoms with van der Waals surface area (Å²) < 4.78 is 30.3. The summed E-state index contributed by atoms with van der Waals surface area (Å²) in [5, 5.41) is 14.4. The molecule has 21 heavy (non-hydrogen) atoms. The number of aliphatic hydroxyl groups is 1. The number of hydrogen-bond donors (Lipinski definition) is 2. The van der Waals surface area contributed by atoms with Crippen LogP contribution in [0.25, 0.3) is 10.8 Å². The van der Waals surface area contributed by atoms with E-state index >= 15 is 0 Å². The van der Waals surface area contributed by atoms with Crippen LogP contribution in [-0.4, -0.2) is 36.8 Å². The lowest BCUT2D eigenvalue weighted by Gasteiger charge is -2.17. The van der Waals surface area contributed by atoms with E-state index in [-0.39, 0.29) is 13.2 Å². The summed E-state index contributed by atoms with van der Waals surface area (Å²) in [6, 6.07) is 12.5. The first kappa shape index (κ1) is 15.7. The molecule has 0 aliphatic carbocycles. The van der Waals surface area contributed by atoms with E-state index in [4.69, 9.17) is 4.74 Å². The van der Waals surface area contributed by atoms with Gasteiger partial charge in [0.2, 0.25) is 0 Å². The van der Waals surface area contributed by atoms with Gasteiger partial charge in [-0.2, -0.15) is 0 Å². The number of rotatable bonds is 7. The minimum atomic E-state index is -2.45. The zero-order chi connectivity index (χ0) is 15.2. The lowest BCUT2D eigenvalue weighted by molar-refractivity contribution is 0.0766. The van der Waals surface area contributed by atoms with Crippen LogP contribution in [-0.2, 0) is 0 Å². The second-order valence-electron chi connectivity index (χ2n) is 4.97. The summed E-state index contributed by atoms with van der Waals surface area (Å²) in [5.41, 5.74) is 0. The van der Waals surface area contributed by atoms with Crippen LogP contribution in [0.3, 0.4) is 0 Å². The van der Waals surface area contributed by atoms with E-state index in [1.165, 1.54) is 6.92 Å². The smallest absolute Gasteiger partial charge is 0.253 e. The highest BCUT2D eigenvalue weighted by Crippen LogP contribution is 2.25. The molecule has 2 N–H and O–H groups in total. The van der Waals surface area contributed by atoms with Gasteiger partial charge in [-0.1, -0.05) is 36.4 Å². The molecule has 0 aromatic heterocycles. The van der Waals surface area contributed by atoms with E-state index in [9.17, 15) is 13.9 Å². The maximum absolute atomic E-state index is 12.3. The highest BCUT2D eigenvalue weighted by atomic mass is 19.3. The molecule has 0 radical (unpaired) electrons. The Bertz CT molecular complexity index is 572. The molecule has 114 valence electrons. The topological polar surface area (TPSA) is 41.5 Å².